The van der Waals surface area contributed by atoms with Crippen LogP contribution in [0.2, 0.25) is 0 Å². The number of rotatable bonds is 3. The highest BCUT2D eigenvalue weighted by atomic mass is 15.4. The Bertz CT molecular complexity index is 449. The summed E-state index contributed by atoms with van der Waals surface area (Å²) >= 11 is 0. The first-order chi connectivity index (χ1) is 8.67. The molecule has 2 rings (SSSR count). The molecule has 1 saturated heterocycles. The zero-order valence-corrected chi connectivity index (χ0v) is 11.2. The Labute approximate surface area is 108 Å². The summed E-state index contributed by atoms with van der Waals surface area (Å²) in [6.07, 6.45) is 3.28. The quantitative estimate of drug-likeness (QED) is 0.886. The van der Waals surface area contributed by atoms with E-state index in [4.69, 9.17) is 5.73 Å². The maximum absolute atomic E-state index is 9.25. The van der Waals surface area contributed by atoms with Crippen LogP contribution >= 0.6 is 0 Å². The van der Waals surface area contributed by atoms with E-state index < -0.39 is 0 Å². The fourth-order valence-electron chi connectivity index (χ4n) is 2.39. The number of piperidine rings is 1. The maximum atomic E-state index is 9.25. The summed E-state index contributed by atoms with van der Waals surface area (Å²) in [6, 6.07) is 2.20. The van der Waals surface area contributed by atoms with E-state index in [1.165, 1.54) is 0 Å². The van der Waals surface area contributed by atoms with Gasteiger partial charge in [-0.2, -0.15) is 10.4 Å². The number of hydrogen-bond donors (Lipinski definition) is 1. The smallest absolute Gasteiger partial charge is 0.170 e. The molecule has 0 radical (unpaired) electrons. The maximum Gasteiger partial charge on any atom is 0.170 e. The molecule has 1 aliphatic heterocycles. The Kier molecular flexibility index (Phi) is 3.75. The van der Waals surface area contributed by atoms with Crippen LogP contribution in [0.15, 0.2) is 0 Å². The SMILES string of the molecule is CCCn1nc(N2CCC(C)CC2)c(C#N)c1N. The minimum absolute atomic E-state index is 0.507. The van der Waals surface area contributed by atoms with E-state index in [0.717, 1.165) is 50.6 Å². The van der Waals surface area contributed by atoms with Gasteiger partial charge in [0.05, 0.1) is 0 Å². The van der Waals surface area contributed by atoms with Crippen molar-refractivity contribution in [2.24, 2.45) is 5.92 Å². The summed E-state index contributed by atoms with van der Waals surface area (Å²) in [5.41, 5.74) is 6.53. The van der Waals surface area contributed by atoms with Gasteiger partial charge in [0.2, 0.25) is 0 Å². The van der Waals surface area contributed by atoms with Crippen LogP contribution in [0.25, 0.3) is 0 Å². The first kappa shape index (κ1) is 12.7. The van der Waals surface area contributed by atoms with Crippen LogP contribution in [0.4, 0.5) is 11.6 Å². The third kappa shape index (κ3) is 2.28. The molecule has 1 aromatic heterocycles. The van der Waals surface area contributed by atoms with Gasteiger partial charge in [0.1, 0.15) is 17.5 Å². The predicted octanol–water partition coefficient (Wildman–Crippen LogP) is 1.98. The fourth-order valence-corrected chi connectivity index (χ4v) is 2.39. The number of nitrogen functional groups attached to an aromatic ring is 1. The Morgan fingerprint density at radius 2 is 2.11 bits per heavy atom. The lowest BCUT2D eigenvalue weighted by Gasteiger charge is -2.30. The number of aryl methyl sites for hydroxylation is 1. The number of aromatic nitrogens is 2. The van der Waals surface area contributed by atoms with Gasteiger partial charge < -0.3 is 10.6 Å². The first-order valence-corrected chi connectivity index (χ1v) is 6.68. The molecule has 1 aromatic rings. The largest absolute Gasteiger partial charge is 0.383 e. The Morgan fingerprint density at radius 1 is 1.44 bits per heavy atom. The van der Waals surface area contributed by atoms with Gasteiger partial charge in [0.25, 0.3) is 0 Å². The van der Waals surface area contributed by atoms with Crippen molar-refractivity contribution in [3.8, 4) is 6.07 Å². The van der Waals surface area contributed by atoms with Crippen LogP contribution in [0, 0.1) is 17.2 Å². The van der Waals surface area contributed by atoms with Crippen molar-refractivity contribution < 1.29 is 0 Å². The molecule has 0 amide bonds. The van der Waals surface area contributed by atoms with Gasteiger partial charge in [-0.15, -0.1) is 0 Å². The molecule has 0 unspecified atom stereocenters. The van der Waals surface area contributed by atoms with Gasteiger partial charge in [0, 0.05) is 19.6 Å². The Hall–Kier alpha value is -1.70. The lowest BCUT2D eigenvalue weighted by molar-refractivity contribution is 0.435. The van der Waals surface area contributed by atoms with Crippen molar-refractivity contribution in [3.05, 3.63) is 5.56 Å². The average Bonchev–Trinajstić information content (AvgIpc) is 2.68. The van der Waals surface area contributed by atoms with Crippen molar-refractivity contribution in [2.75, 3.05) is 23.7 Å². The summed E-state index contributed by atoms with van der Waals surface area (Å²) in [5.74, 6) is 2.05. The van der Waals surface area contributed by atoms with Gasteiger partial charge in [0.15, 0.2) is 5.82 Å². The first-order valence-electron chi connectivity index (χ1n) is 6.68. The van der Waals surface area contributed by atoms with E-state index >= 15 is 0 Å². The third-order valence-corrected chi connectivity index (χ3v) is 3.60. The molecule has 18 heavy (non-hydrogen) atoms. The molecule has 1 aliphatic rings. The van der Waals surface area contributed by atoms with Crippen molar-refractivity contribution in [2.45, 2.75) is 39.7 Å². The van der Waals surface area contributed by atoms with E-state index in [-0.39, 0.29) is 0 Å². The lowest BCUT2D eigenvalue weighted by atomic mass is 9.99. The highest BCUT2D eigenvalue weighted by Crippen LogP contribution is 2.28. The molecule has 5 heteroatoms. The highest BCUT2D eigenvalue weighted by Gasteiger charge is 2.23. The van der Waals surface area contributed by atoms with Crippen LogP contribution in [0.1, 0.15) is 38.7 Å². The van der Waals surface area contributed by atoms with Crippen LogP contribution in [0.3, 0.4) is 0 Å². The van der Waals surface area contributed by atoms with Gasteiger partial charge in [-0.25, -0.2) is 4.68 Å². The Morgan fingerprint density at radius 3 is 2.67 bits per heavy atom. The van der Waals surface area contributed by atoms with Crippen molar-refractivity contribution in [1.82, 2.24) is 9.78 Å². The van der Waals surface area contributed by atoms with Gasteiger partial charge in [-0.3, -0.25) is 0 Å². The molecule has 0 aliphatic carbocycles. The number of nitrogens with two attached hydrogens (primary N) is 1. The van der Waals surface area contributed by atoms with Gasteiger partial charge in [-0.05, 0) is 25.2 Å². The number of nitrogens with zero attached hydrogens (tertiary/aromatic N) is 4. The van der Waals surface area contributed by atoms with E-state index in [2.05, 4.69) is 29.9 Å². The van der Waals surface area contributed by atoms with Crippen molar-refractivity contribution in [3.63, 3.8) is 0 Å². The molecule has 2 N–H and O–H groups in total. The lowest BCUT2D eigenvalue weighted by Crippen LogP contribution is -2.33. The van der Waals surface area contributed by atoms with Gasteiger partial charge >= 0.3 is 0 Å². The molecule has 0 aromatic carbocycles. The van der Waals surface area contributed by atoms with Crippen molar-refractivity contribution >= 4 is 11.6 Å². The van der Waals surface area contributed by atoms with E-state index in [0.29, 0.717) is 11.4 Å². The summed E-state index contributed by atoms with van der Waals surface area (Å²) in [6.45, 7) is 7.06. The summed E-state index contributed by atoms with van der Waals surface area (Å²) in [7, 11) is 0. The minimum atomic E-state index is 0.507. The summed E-state index contributed by atoms with van der Waals surface area (Å²) < 4.78 is 1.76. The molecule has 0 saturated carbocycles. The summed E-state index contributed by atoms with van der Waals surface area (Å²) in [4.78, 5) is 2.20. The zero-order valence-electron chi connectivity index (χ0n) is 11.2. The fraction of sp³-hybridized carbons (Fsp3) is 0.692. The predicted molar refractivity (Wildman–Crippen MR) is 72.3 cm³/mol. The number of hydrogen-bond acceptors (Lipinski definition) is 4. The van der Waals surface area contributed by atoms with Gasteiger partial charge in [-0.1, -0.05) is 13.8 Å². The number of anilines is 2. The van der Waals surface area contributed by atoms with E-state index in [9.17, 15) is 5.26 Å². The van der Waals surface area contributed by atoms with Crippen LogP contribution in [0.5, 0.6) is 0 Å². The molecule has 1 fully saturated rings. The van der Waals surface area contributed by atoms with E-state index in [1.807, 2.05) is 0 Å². The molecular formula is C13H21N5. The zero-order chi connectivity index (χ0) is 13.1. The van der Waals surface area contributed by atoms with Crippen LogP contribution in [-0.4, -0.2) is 22.9 Å². The Balaban J connectivity index is 2.27. The second kappa shape index (κ2) is 5.30. The standard InChI is InChI=1S/C13H21N5/c1-3-6-18-12(15)11(9-14)13(16-18)17-7-4-10(2)5-8-17/h10H,3-8,15H2,1-2H3. The molecule has 5 nitrogen and oxygen atoms in total. The molecule has 2 heterocycles. The van der Waals surface area contributed by atoms with Crippen LogP contribution < -0.4 is 10.6 Å². The van der Waals surface area contributed by atoms with Crippen LogP contribution in [-0.2, 0) is 6.54 Å². The molecule has 98 valence electrons. The number of nitriles is 1. The summed E-state index contributed by atoms with van der Waals surface area (Å²) in [5, 5.41) is 13.8. The second-order valence-corrected chi connectivity index (χ2v) is 5.09. The molecule has 0 atom stereocenters. The van der Waals surface area contributed by atoms with Crippen molar-refractivity contribution in [1.29, 1.82) is 5.26 Å². The monoisotopic (exact) mass is 247 g/mol. The highest BCUT2D eigenvalue weighted by molar-refractivity contribution is 5.65. The van der Waals surface area contributed by atoms with E-state index in [1.54, 1.807) is 4.68 Å². The molecule has 0 spiro atoms. The minimum Gasteiger partial charge on any atom is -0.383 e. The normalized spacial score (nSPS) is 16.8. The molecule has 0 bridgehead atoms. The second-order valence-electron chi connectivity index (χ2n) is 5.09. The molecular weight excluding hydrogens is 226 g/mol. The third-order valence-electron chi connectivity index (χ3n) is 3.60. The topological polar surface area (TPSA) is 70.9 Å². The average molecular weight is 247 g/mol.